The molecule has 3 unspecified atom stereocenters. The summed E-state index contributed by atoms with van der Waals surface area (Å²) in [5, 5.41) is 6.55. The molecule has 0 fully saturated rings. The van der Waals surface area contributed by atoms with Crippen LogP contribution in [0, 0.1) is 0 Å². The molecule has 22 heavy (non-hydrogen) atoms. The molecule has 0 aliphatic carbocycles. The van der Waals surface area contributed by atoms with E-state index in [-0.39, 0.29) is 12.1 Å². The Morgan fingerprint density at radius 2 is 2.05 bits per heavy atom. The van der Waals surface area contributed by atoms with Gasteiger partial charge in [0.15, 0.2) is 12.3 Å². The third-order valence-electron chi connectivity index (χ3n) is 4.79. The number of rotatable bonds is 11. The first-order valence-corrected chi connectivity index (χ1v) is 8.75. The molecule has 1 aliphatic heterocycles. The zero-order valence-corrected chi connectivity index (χ0v) is 14.6. The zero-order chi connectivity index (χ0) is 16.4. The van der Waals surface area contributed by atoms with E-state index >= 15 is 0 Å². The van der Waals surface area contributed by atoms with Gasteiger partial charge in [0.05, 0.1) is 12.7 Å². The largest absolute Gasteiger partial charge is 0.338 e. The van der Waals surface area contributed by atoms with Crippen LogP contribution in [-0.4, -0.2) is 29.3 Å². The monoisotopic (exact) mass is 308 g/mol. The van der Waals surface area contributed by atoms with E-state index in [4.69, 9.17) is 0 Å². The number of hydrogen-bond donors (Lipinski definition) is 2. The summed E-state index contributed by atoms with van der Waals surface area (Å²) in [6, 6.07) is 0. The maximum absolute atomic E-state index is 11.4. The second-order valence-electron chi connectivity index (χ2n) is 6.32. The van der Waals surface area contributed by atoms with Crippen molar-refractivity contribution < 1.29 is 9.28 Å². The Morgan fingerprint density at radius 3 is 2.68 bits per heavy atom. The van der Waals surface area contributed by atoms with E-state index < -0.39 is 0 Å². The normalized spacial score (nSPS) is 24.8. The molecule has 4 nitrogen and oxygen atoms in total. The van der Waals surface area contributed by atoms with E-state index in [1.165, 1.54) is 32.1 Å². The van der Waals surface area contributed by atoms with Crippen LogP contribution in [0.2, 0.25) is 0 Å². The van der Waals surface area contributed by atoms with Crippen LogP contribution < -0.4 is 10.6 Å². The molecule has 2 N–H and O–H groups in total. The number of amides is 1. The van der Waals surface area contributed by atoms with Gasteiger partial charge >= 0.3 is 0 Å². The smallest absolute Gasteiger partial charge is 0.221 e. The third-order valence-corrected chi connectivity index (χ3v) is 4.79. The summed E-state index contributed by atoms with van der Waals surface area (Å²) in [7, 11) is 0. The first-order valence-electron chi connectivity index (χ1n) is 8.75. The summed E-state index contributed by atoms with van der Waals surface area (Å²) in [5.41, 5.74) is 0. The predicted molar refractivity (Wildman–Crippen MR) is 92.7 cm³/mol. The number of carbonyl (C=O) groups is 1. The van der Waals surface area contributed by atoms with E-state index in [0.29, 0.717) is 6.17 Å². The number of quaternary nitrogens is 1. The fraction of sp³-hybridized carbons (Fsp3) is 0.722. The van der Waals surface area contributed by atoms with Gasteiger partial charge in [-0.25, -0.2) is 0 Å². The molecule has 0 aromatic rings. The average molecular weight is 308 g/mol. The Bertz CT molecular complexity index is 381. The summed E-state index contributed by atoms with van der Waals surface area (Å²) in [6.45, 7) is 10.6. The van der Waals surface area contributed by atoms with E-state index in [1.54, 1.807) is 6.92 Å². The summed E-state index contributed by atoms with van der Waals surface area (Å²) in [4.78, 5) is 11.4. The highest BCUT2D eigenvalue weighted by Gasteiger charge is 2.41. The fourth-order valence-corrected chi connectivity index (χ4v) is 3.43. The number of nitrogens with zero attached hydrogens (tertiary/aromatic N) is 1. The van der Waals surface area contributed by atoms with Crippen molar-refractivity contribution in [3.8, 4) is 0 Å². The van der Waals surface area contributed by atoms with Crippen LogP contribution in [-0.2, 0) is 4.79 Å². The van der Waals surface area contributed by atoms with Crippen molar-refractivity contribution in [1.82, 2.24) is 10.6 Å². The summed E-state index contributed by atoms with van der Waals surface area (Å²) < 4.78 is 0.802. The van der Waals surface area contributed by atoms with Gasteiger partial charge in [-0.2, -0.15) is 0 Å². The molecule has 3 atom stereocenters. The number of nitrogens with one attached hydrogen (secondary N) is 2. The van der Waals surface area contributed by atoms with E-state index in [1.807, 2.05) is 6.08 Å². The molecule has 126 valence electrons. The van der Waals surface area contributed by atoms with Gasteiger partial charge in [-0.3, -0.25) is 9.28 Å². The Hall–Kier alpha value is -1.29. The van der Waals surface area contributed by atoms with Crippen LogP contribution in [0.1, 0.15) is 65.7 Å². The average Bonchev–Trinajstić information content (AvgIpc) is 2.90. The summed E-state index contributed by atoms with van der Waals surface area (Å²) >= 11 is 0. The SMILES string of the molecule is C=CCCCCCCCC1NC=C[N+]1(CC)C(C)NC(C)=O. The van der Waals surface area contributed by atoms with Crippen molar-refractivity contribution in [3.63, 3.8) is 0 Å². The first kappa shape index (κ1) is 18.8. The van der Waals surface area contributed by atoms with Crippen LogP contribution in [0.3, 0.4) is 0 Å². The predicted octanol–water partition coefficient (Wildman–Crippen LogP) is 3.62. The van der Waals surface area contributed by atoms with E-state index in [2.05, 4.69) is 43.5 Å². The van der Waals surface area contributed by atoms with Crippen molar-refractivity contribution in [3.05, 3.63) is 25.1 Å². The van der Waals surface area contributed by atoms with Crippen molar-refractivity contribution in [2.75, 3.05) is 6.54 Å². The molecule has 1 amide bonds. The zero-order valence-electron chi connectivity index (χ0n) is 14.6. The van der Waals surface area contributed by atoms with Crippen LogP contribution >= 0.6 is 0 Å². The van der Waals surface area contributed by atoms with Gasteiger partial charge in [-0.05, 0) is 26.2 Å². The Morgan fingerprint density at radius 1 is 1.36 bits per heavy atom. The van der Waals surface area contributed by atoms with Gasteiger partial charge in [0.25, 0.3) is 0 Å². The Kier molecular flexibility index (Phi) is 8.25. The summed E-state index contributed by atoms with van der Waals surface area (Å²) in [6.07, 6.45) is 15.4. The quantitative estimate of drug-likeness (QED) is 0.348. The molecular weight excluding hydrogens is 274 g/mol. The van der Waals surface area contributed by atoms with Crippen LogP contribution in [0.4, 0.5) is 0 Å². The van der Waals surface area contributed by atoms with Gasteiger partial charge in [0, 0.05) is 20.3 Å². The molecule has 1 aliphatic rings. The molecule has 0 radical (unpaired) electrons. The number of hydrogen-bond acceptors (Lipinski definition) is 2. The maximum Gasteiger partial charge on any atom is 0.221 e. The second kappa shape index (κ2) is 9.67. The molecular formula is C18H34N3O+. The molecule has 0 aromatic carbocycles. The minimum atomic E-state index is 0.0414. The van der Waals surface area contributed by atoms with Gasteiger partial charge < -0.3 is 10.6 Å². The fourth-order valence-electron chi connectivity index (χ4n) is 3.43. The lowest BCUT2D eigenvalue weighted by atomic mass is 10.1. The number of allylic oxidation sites excluding steroid dienone is 1. The van der Waals surface area contributed by atoms with Gasteiger partial charge in [-0.15, -0.1) is 6.58 Å². The van der Waals surface area contributed by atoms with E-state index in [0.717, 1.165) is 23.9 Å². The lowest BCUT2D eigenvalue weighted by Gasteiger charge is -2.41. The van der Waals surface area contributed by atoms with Crippen molar-refractivity contribution in [2.45, 2.75) is 78.0 Å². The van der Waals surface area contributed by atoms with Crippen molar-refractivity contribution in [2.24, 2.45) is 0 Å². The van der Waals surface area contributed by atoms with Crippen LogP contribution in [0.15, 0.2) is 25.1 Å². The lowest BCUT2D eigenvalue weighted by Crippen LogP contribution is -2.62. The highest BCUT2D eigenvalue weighted by molar-refractivity contribution is 5.72. The molecule has 0 aromatic heterocycles. The van der Waals surface area contributed by atoms with Gasteiger partial charge in [0.2, 0.25) is 5.91 Å². The number of carbonyl (C=O) groups excluding carboxylic acids is 1. The Labute approximate surface area is 136 Å². The van der Waals surface area contributed by atoms with Crippen LogP contribution in [0.25, 0.3) is 0 Å². The van der Waals surface area contributed by atoms with Crippen molar-refractivity contribution in [1.29, 1.82) is 0 Å². The van der Waals surface area contributed by atoms with Crippen LogP contribution in [0.5, 0.6) is 0 Å². The first-order chi connectivity index (χ1) is 10.6. The van der Waals surface area contributed by atoms with Gasteiger partial charge in [-0.1, -0.05) is 25.3 Å². The minimum absolute atomic E-state index is 0.0414. The topological polar surface area (TPSA) is 41.1 Å². The Balaban J connectivity index is 2.41. The minimum Gasteiger partial charge on any atom is -0.338 e. The van der Waals surface area contributed by atoms with Gasteiger partial charge in [0.1, 0.15) is 6.20 Å². The standard InChI is InChI=1S/C18H33N3O/c1-5-7-8-9-10-11-12-13-18-19-14-15-21(18,6-2)16(3)20-17(4)22/h5,14-16,18-19H,1,6-13H2,2-4H3/p+1. The molecule has 0 bridgehead atoms. The molecule has 0 saturated carbocycles. The summed E-state index contributed by atoms with van der Waals surface area (Å²) in [5.74, 6) is 0.0414. The molecule has 4 heteroatoms. The number of unbranched alkanes of at least 4 members (excludes halogenated alkanes) is 5. The highest BCUT2D eigenvalue weighted by atomic mass is 16.1. The molecule has 1 rings (SSSR count). The molecule has 0 saturated heterocycles. The highest BCUT2D eigenvalue weighted by Crippen LogP contribution is 2.26. The van der Waals surface area contributed by atoms with Crippen molar-refractivity contribution >= 4 is 5.91 Å². The molecule has 1 heterocycles. The lowest BCUT2D eigenvalue weighted by molar-refractivity contribution is -0.923. The molecule has 0 spiro atoms. The second-order valence-corrected chi connectivity index (χ2v) is 6.32. The van der Waals surface area contributed by atoms with E-state index in [9.17, 15) is 4.79 Å². The third kappa shape index (κ3) is 5.16. The maximum atomic E-state index is 11.4.